The number of ether oxygens (including phenoxy) is 2. The molecule has 3 fully saturated rings. The molecule has 0 aromatic rings. The minimum atomic E-state index is -0.520. The maximum Gasteiger partial charge on any atom is 0.421 e. The van der Waals surface area contributed by atoms with E-state index < -0.39 is 6.09 Å². The fourth-order valence-corrected chi connectivity index (χ4v) is 3.36. The summed E-state index contributed by atoms with van der Waals surface area (Å²) in [6.07, 6.45) is 3.62. The zero-order chi connectivity index (χ0) is 12.6. The maximum atomic E-state index is 11.0. The van der Waals surface area contributed by atoms with Crippen molar-refractivity contribution in [2.45, 2.75) is 37.8 Å². The first-order valence-electron chi connectivity index (χ1n) is 6.70. The summed E-state index contributed by atoms with van der Waals surface area (Å²) >= 11 is 0. The summed E-state index contributed by atoms with van der Waals surface area (Å²) in [5, 5.41) is 0. The van der Waals surface area contributed by atoms with E-state index in [1.807, 2.05) is 5.43 Å². The number of hydrogen-bond acceptors (Lipinski definition) is 5. The van der Waals surface area contributed by atoms with Crippen LogP contribution in [0.25, 0.3) is 0 Å². The smallest absolute Gasteiger partial charge is 0.421 e. The molecule has 0 aromatic heterocycles. The number of amides is 1. The first kappa shape index (κ1) is 12.2. The van der Waals surface area contributed by atoms with Crippen LogP contribution in [0.2, 0.25) is 0 Å². The van der Waals surface area contributed by atoms with Gasteiger partial charge in [0.25, 0.3) is 0 Å². The van der Waals surface area contributed by atoms with E-state index >= 15 is 0 Å². The fourth-order valence-electron chi connectivity index (χ4n) is 3.36. The summed E-state index contributed by atoms with van der Waals surface area (Å²) < 4.78 is 10.5. The molecule has 2 aliphatic heterocycles. The second-order valence-corrected chi connectivity index (χ2v) is 5.88. The average molecular weight is 255 g/mol. The first-order valence-corrected chi connectivity index (χ1v) is 6.70. The molecule has 0 aromatic carbocycles. The number of hydrogen-bond donors (Lipinski definition) is 2. The SMILES string of the molecule is NNC(=O)O[C@H]1CC[C@H](N2CC3(COC3)C2)CC1. The van der Waals surface area contributed by atoms with E-state index in [0.717, 1.165) is 38.9 Å². The Labute approximate surface area is 107 Å². The molecular formula is C12H21N3O3. The van der Waals surface area contributed by atoms with Gasteiger partial charge in [0.1, 0.15) is 6.10 Å². The summed E-state index contributed by atoms with van der Waals surface area (Å²) in [4.78, 5) is 13.6. The van der Waals surface area contributed by atoms with Crippen LogP contribution in [0.15, 0.2) is 0 Å². The van der Waals surface area contributed by atoms with E-state index in [4.69, 9.17) is 15.3 Å². The van der Waals surface area contributed by atoms with Crippen LogP contribution in [0.4, 0.5) is 4.79 Å². The number of likely N-dealkylation sites (tertiary alicyclic amines) is 1. The van der Waals surface area contributed by atoms with Crippen molar-refractivity contribution in [3.8, 4) is 0 Å². The highest BCUT2D eigenvalue weighted by Gasteiger charge is 2.50. The van der Waals surface area contributed by atoms with Crippen molar-refractivity contribution in [2.75, 3.05) is 26.3 Å². The lowest BCUT2D eigenvalue weighted by Crippen LogP contribution is -2.68. The molecule has 6 nitrogen and oxygen atoms in total. The molecule has 2 saturated heterocycles. The molecule has 3 rings (SSSR count). The number of nitrogens with one attached hydrogen (secondary N) is 1. The van der Waals surface area contributed by atoms with Gasteiger partial charge in [-0.05, 0) is 25.7 Å². The predicted octanol–water partition coefficient (Wildman–Crippen LogP) is 0.230. The van der Waals surface area contributed by atoms with Gasteiger partial charge in [0.05, 0.1) is 13.2 Å². The first-order chi connectivity index (χ1) is 8.71. The Kier molecular flexibility index (Phi) is 3.17. The molecule has 1 amide bonds. The Morgan fingerprint density at radius 1 is 1.28 bits per heavy atom. The normalized spacial score (nSPS) is 34.5. The molecule has 1 spiro atoms. The van der Waals surface area contributed by atoms with Crippen molar-refractivity contribution in [3.63, 3.8) is 0 Å². The molecule has 0 bridgehead atoms. The lowest BCUT2D eigenvalue weighted by molar-refractivity contribution is -0.201. The van der Waals surface area contributed by atoms with Crippen molar-refractivity contribution in [1.82, 2.24) is 10.3 Å². The van der Waals surface area contributed by atoms with E-state index in [9.17, 15) is 4.79 Å². The van der Waals surface area contributed by atoms with Crippen molar-refractivity contribution in [1.29, 1.82) is 0 Å². The zero-order valence-electron chi connectivity index (χ0n) is 10.6. The van der Waals surface area contributed by atoms with E-state index in [0.29, 0.717) is 11.5 Å². The second-order valence-electron chi connectivity index (χ2n) is 5.88. The van der Waals surface area contributed by atoms with E-state index in [-0.39, 0.29) is 6.10 Å². The fraction of sp³-hybridized carbons (Fsp3) is 0.917. The summed E-state index contributed by atoms with van der Waals surface area (Å²) in [7, 11) is 0. The quantitative estimate of drug-likeness (QED) is 0.419. The zero-order valence-corrected chi connectivity index (χ0v) is 10.6. The Morgan fingerprint density at radius 3 is 2.44 bits per heavy atom. The van der Waals surface area contributed by atoms with Gasteiger partial charge < -0.3 is 9.47 Å². The highest BCUT2D eigenvalue weighted by atomic mass is 16.6. The number of rotatable bonds is 2. The molecule has 6 heteroatoms. The number of nitrogens with zero attached hydrogens (tertiary/aromatic N) is 1. The van der Waals surface area contributed by atoms with Crippen LogP contribution in [0.5, 0.6) is 0 Å². The monoisotopic (exact) mass is 255 g/mol. The van der Waals surface area contributed by atoms with Gasteiger partial charge in [-0.15, -0.1) is 0 Å². The number of carbonyl (C=O) groups is 1. The second kappa shape index (κ2) is 4.68. The number of carbonyl (C=O) groups excluding carboxylic acids is 1. The van der Waals surface area contributed by atoms with Crippen LogP contribution in [-0.4, -0.2) is 49.4 Å². The van der Waals surface area contributed by atoms with Crippen LogP contribution in [0.3, 0.4) is 0 Å². The van der Waals surface area contributed by atoms with Gasteiger partial charge in [0.15, 0.2) is 0 Å². The number of hydrazine groups is 1. The van der Waals surface area contributed by atoms with Crippen molar-refractivity contribution >= 4 is 6.09 Å². The molecule has 18 heavy (non-hydrogen) atoms. The molecular weight excluding hydrogens is 234 g/mol. The highest BCUT2D eigenvalue weighted by molar-refractivity contribution is 5.66. The topological polar surface area (TPSA) is 76.8 Å². The van der Waals surface area contributed by atoms with Crippen LogP contribution >= 0.6 is 0 Å². The van der Waals surface area contributed by atoms with E-state index in [2.05, 4.69) is 4.90 Å². The lowest BCUT2D eigenvalue weighted by atomic mass is 9.75. The van der Waals surface area contributed by atoms with Gasteiger partial charge >= 0.3 is 6.09 Å². The van der Waals surface area contributed by atoms with Crippen LogP contribution in [0, 0.1) is 5.41 Å². The Balaban J connectivity index is 1.39. The van der Waals surface area contributed by atoms with Crippen molar-refractivity contribution in [2.24, 2.45) is 11.3 Å². The third kappa shape index (κ3) is 2.20. The van der Waals surface area contributed by atoms with Gasteiger partial charge in [-0.2, -0.15) is 0 Å². The van der Waals surface area contributed by atoms with Crippen LogP contribution in [-0.2, 0) is 9.47 Å². The summed E-state index contributed by atoms with van der Waals surface area (Å²) in [5.41, 5.74) is 2.50. The summed E-state index contributed by atoms with van der Waals surface area (Å²) in [6, 6.07) is 0.664. The predicted molar refractivity (Wildman–Crippen MR) is 64.7 cm³/mol. The Hall–Kier alpha value is -0.850. The minimum absolute atomic E-state index is 0.0343. The van der Waals surface area contributed by atoms with Gasteiger partial charge in [0.2, 0.25) is 0 Å². The molecule has 102 valence electrons. The van der Waals surface area contributed by atoms with Crippen LogP contribution < -0.4 is 11.3 Å². The molecule has 1 saturated carbocycles. The Morgan fingerprint density at radius 2 is 1.94 bits per heavy atom. The number of nitrogens with two attached hydrogens (primary N) is 1. The average Bonchev–Trinajstić information content (AvgIpc) is 2.27. The van der Waals surface area contributed by atoms with E-state index in [1.165, 1.54) is 13.1 Å². The molecule has 2 heterocycles. The van der Waals surface area contributed by atoms with Crippen molar-refractivity contribution < 1.29 is 14.3 Å². The van der Waals surface area contributed by atoms with Gasteiger partial charge in [0, 0.05) is 24.5 Å². The molecule has 3 aliphatic rings. The largest absolute Gasteiger partial charge is 0.445 e. The Bertz CT molecular complexity index is 317. The van der Waals surface area contributed by atoms with Gasteiger partial charge in [-0.3, -0.25) is 10.3 Å². The van der Waals surface area contributed by atoms with Crippen molar-refractivity contribution in [3.05, 3.63) is 0 Å². The molecule has 0 atom stereocenters. The molecule has 1 aliphatic carbocycles. The maximum absolute atomic E-state index is 11.0. The highest BCUT2D eigenvalue weighted by Crippen LogP contribution is 2.41. The lowest BCUT2D eigenvalue weighted by Gasteiger charge is -2.58. The third-order valence-electron chi connectivity index (χ3n) is 4.45. The summed E-state index contributed by atoms with van der Waals surface area (Å²) in [5.74, 6) is 5.00. The van der Waals surface area contributed by atoms with E-state index in [1.54, 1.807) is 0 Å². The molecule has 0 unspecified atom stereocenters. The molecule has 0 radical (unpaired) electrons. The van der Waals surface area contributed by atoms with Crippen LogP contribution in [0.1, 0.15) is 25.7 Å². The summed E-state index contributed by atoms with van der Waals surface area (Å²) in [6.45, 7) is 4.26. The minimum Gasteiger partial charge on any atom is -0.445 e. The standard InChI is InChI=1S/C12H21N3O3/c13-14-11(16)18-10-3-1-9(2-4-10)15-5-12(6-15)7-17-8-12/h9-10H,1-8,13H2,(H,14,16)/t9-,10-. The van der Waals surface area contributed by atoms with Gasteiger partial charge in [-0.25, -0.2) is 10.6 Å². The third-order valence-corrected chi connectivity index (χ3v) is 4.45. The molecule has 3 N–H and O–H groups in total. The van der Waals surface area contributed by atoms with Gasteiger partial charge in [-0.1, -0.05) is 0 Å².